The number of carbonyl (C=O) groups is 1. The van der Waals surface area contributed by atoms with Crippen LogP contribution in [-0.2, 0) is 24.1 Å². The molecule has 0 bridgehead atoms. The summed E-state index contributed by atoms with van der Waals surface area (Å²) < 4.78 is 0. The van der Waals surface area contributed by atoms with Crippen LogP contribution in [0.25, 0.3) is 0 Å². The summed E-state index contributed by atoms with van der Waals surface area (Å²) in [4.78, 5) is 12.4. The molecule has 1 aliphatic rings. The molecule has 1 unspecified atom stereocenters. The summed E-state index contributed by atoms with van der Waals surface area (Å²) in [5, 5.41) is 9.26. The molecule has 2 nitrogen and oxygen atoms in total. The van der Waals surface area contributed by atoms with Crippen LogP contribution in [0.2, 0.25) is 0 Å². The van der Waals surface area contributed by atoms with Crippen LogP contribution >= 0.6 is 0 Å². The van der Waals surface area contributed by atoms with E-state index in [-0.39, 0.29) is 11.7 Å². The molecule has 0 amide bonds. The van der Waals surface area contributed by atoms with E-state index in [0.29, 0.717) is 12.2 Å². The Kier molecular flexibility index (Phi) is 3.55. The van der Waals surface area contributed by atoms with Crippen molar-refractivity contribution in [1.82, 2.24) is 0 Å². The lowest BCUT2D eigenvalue weighted by Crippen LogP contribution is -2.24. The van der Waals surface area contributed by atoms with Crippen molar-refractivity contribution < 1.29 is 9.90 Å². The third kappa shape index (κ3) is 2.74. The van der Waals surface area contributed by atoms with Crippen molar-refractivity contribution in [2.75, 3.05) is 0 Å². The maximum Gasteiger partial charge on any atom is 0.140 e. The van der Waals surface area contributed by atoms with Gasteiger partial charge in [-0.1, -0.05) is 36.4 Å². The van der Waals surface area contributed by atoms with Crippen molar-refractivity contribution in [3.8, 4) is 5.75 Å². The molecule has 2 heteroatoms. The van der Waals surface area contributed by atoms with Crippen LogP contribution in [0.4, 0.5) is 0 Å². The van der Waals surface area contributed by atoms with E-state index in [9.17, 15) is 9.90 Å². The van der Waals surface area contributed by atoms with E-state index in [0.717, 1.165) is 24.8 Å². The van der Waals surface area contributed by atoms with Crippen molar-refractivity contribution in [1.29, 1.82) is 0 Å². The van der Waals surface area contributed by atoms with Gasteiger partial charge in [0.15, 0.2) is 0 Å². The van der Waals surface area contributed by atoms with Gasteiger partial charge in [0.05, 0.1) is 0 Å². The largest absolute Gasteiger partial charge is 0.508 e. The number of hydrogen-bond acceptors (Lipinski definition) is 2. The van der Waals surface area contributed by atoms with Crippen molar-refractivity contribution in [3.05, 3.63) is 65.2 Å². The highest BCUT2D eigenvalue weighted by molar-refractivity contribution is 5.83. The molecule has 0 spiro atoms. The van der Waals surface area contributed by atoms with Gasteiger partial charge < -0.3 is 5.11 Å². The molecular weight excluding hydrogens is 248 g/mol. The number of phenols is 1. The maximum atomic E-state index is 12.4. The average Bonchev–Trinajstić information content (AvgIpc) is 2.49. The van der Waals surface area contributed by atoms with Gasteiger partial charge in [0, 0.05) is 12.3 Å². The number of hydrogen-bond donors (Lipinski definition) is 1. The van der Waals surface area contributed by atoms with Crippen molar-refractivity contribution in [2.45, 2.75) is 25.7 Å². The summed E-state index contributed by atoms with van der Waals surface area (Å²) in [5.41, 5.74) is 3.69. The van der Waals surface area contributed by atoms with Gasteiger partial charge in [0.2, 0.25) is 0 Å². The second kappa shape index (κ2) is 5.49. The van der Waals surface area contributed by atoms with Crippen molar-refractivity contribution in [2.24, 2.45) is 5.92 Å². The first kappa shape index (κ1) is 12.9. The predicted molar refractivity (Wildman–Crippen MR) is 78.8 cm³/mol. The van der Waals surface area contributed by atoms with E-state index in [2.05, 4.69) is 18.2 Å². The highest BCUT2D eigenvalue weighted by Crippen LogP contribution is 2.27. The van der Waals surface area contributed by atoms with Gasteiger partial charge >= 0.3 is 0 Å². The number of fused-ring (bicyclic) bond motifs is 1. The summed E-state index contributed by atoms with van der Waals surface area (Å²) >= 11 is 0. The molecular formula is C18H18O2. The molecule has 102 valence electrons. The number of benzene rings is 2. The molecule has 0 heterocycles. The first-order valence-corrected chi connectivity index (χ1v) is 7.10. The zero-order chi connectivity index (χ0) is 13.9. The lowest BCUT2D eigenvalue weighted by molar-refractivity contribution is -0.122. The molecule has 0 aliphatic heterocycles. The number of carbonyl (C=O) groups excluding carboxylic acids is 1. The lowest BCUT2D eigenvalue weighted by atomic mass is 9.80. The molecule has 20 heavy (non-hydrogen) atoms. The fraction of sp³-hybridized carbons (Fsp3) is 0.278. The standard InChI is InChI=1S/C18H18O2/c19-17-9-5-13(6-10-17)11-18(20)16-8-7-14-3-1-2-4-15(14)12-16/h1-6,9-10,16,19H,7-8,11-12H2. The van der Waals surface area contributed by atoms with Gasteiger partial charge in [-0.05, 0) is 48.1 Å². The Morgan fingerprint density at radius 2 is 1.75 bits per heavy atom. The summed E-state index contributed by atoms with van der Waals surface area (Å²) in [6, 6.07) is 15.3. The van der Waals surface area contributed by atoms with Crippen LogP contribution in [0.3, 0.4) is 0 Å². The third-order valence-corrected chi connectivity index (χ3v) is 4.12. The Hall–Kier alpha value is -2.09. The second-order valence-electron chi connectivity index (χ2n) is 5.52. The minimum Gasteiger partial charge on any atom is -0.508 e. The number of aromatic hydroxyl groups is 1. The van der Waals surface area contributed by atoms with Gasteiger partial charge in [-0.3, -0.25) is 4.79 Å². The fourth-order valence-electron chi connectivity index (χ4n) is 2.93. The summed E-state index contributed by atoms with van der Waals surface area (Å²) in [6.07, 6.45) is 3.29. The number of rotatable bonds is 3. The Balaban J connectivity index is 1.68. The number of aryl methyl sites for hydroxylation is 1. The molecule has 1 N–H and O–H groups in total. The van der Waals surface area contributed by atoms with Crippen LogP contribution in [-0.4, -0.2) is 10.9 Å². The average molecular weight is 266 g/mol. The van der Waals surface area contributed by atoms with Gasteiger partial charge in [-0.25, -0.2) is 0 Å². The smallest absolute Gasteiger partial charge is 0.140 e. The number of Topliss-reactive ketones (excluding diaryl/α,β-unsaturated/α-hetero) is 1. The maximum absolute atomic E-state index is 12.4. The highest BCUT2D eigenvalue weighted by atomic mass is 16.3. The third-order valence-electron chi connectivity index (χ3n) is 4.12. The van der Waals surface area contributed by atoms with E-state index in [1.807, 2.05) is 18.2 Å². The Bertz CT molecular complexity index is 614. The number of ketones is 1. The molecule has 1 aliphatic carbocycles. The highest BCUT2D eigenvalue weighted by Gasteiger charge is 2.24. The summed E-state index contributed by atoms with van der Waals surface area (Å²) in [6.45, 7) is 0. The molecule has 0 radical (unpaired) electrons. The van der Waals surface area contributed by atoms with Gasteiger partial charge in [-0.15, -0.1) is 0 Å². The molecule has 3 rings (SSSR count). The second-order valence-corrected chi connectivity index (χ2v) is 5.52. The zero-order valence-corrected chi connectivity index (χ0v) is 11.4. The lowest BCUT2D eigenvalue weighted by Gasteiger charge is -2.23. The van der Waals surface area contributed by atoms with E-state index in [4.69, 9.17) is 0 Å². The van der Waals surface area contributed by atoms with Crippen molar-refractivity contribution >= 4 is 5.78 Å². The Morgan fingerprint density at radius 3 is 2.50 bits per heavy atom. The minimum atomic E-state index is 0.138. The van der Waals surface area contributed by atoms with Gasteiger partial charge in [-0.2, -0.15) is 0 Å². The van der Waals surface area contributed by atoms with Crippen LogP contribution in [0.15, 0.2) is 48.5 Å². The quantitative estimate of drug-likeness (QED) is 0.925. The first-order chi connectivity index (χ1) is 9.72. The van der Waals surface area contributed by atoms with E-state index < -0.39 is 0 Å². The summed E-state index contributed by atoms with van der Waals surface area (Å²) in [5.74, 6) is 0.691. The molecule has 0 saturated heterocycles. The number of phenolic OH excluding ortho intramolecular Hbond substituents is 1. The predicted octanol–water partition coefficient (Wildman–Crippen LogP) is 3.31. The monoisotopic (exact) mass is 266 g/mol. The molecule has 1 atom stereocenters. The molecule has 2 aromatic rings. The molecule has 0 fully saturated rings. The Morgan fingerprint density at radius 1 is 1.05 bits per heavy atom. The van der Waals surface area contributed by atoms with Gasteiger partial charge in [0.1, 0.15) is 11.5 Å². The van der Waals surface area contributed by atoms with Crippen LogP contribution in [0.1, 0.15) is 23.1 Å². The fourth-order valence-corrected chi connectivity index (χ4v) is 2.93. The molecule has 0 aromatic heterocycles. The zero-order valence-electron chi connectivity index (χ0n) is 11.4. The van der Waals surface area contributed by atoms with Crippen LogP contribution in [0, 0.1) is 5.92 Å². The van der Waals surface area contributed by atoms with Gasteiger partial charge in [0.25, 0.3) is 0 Å². The molecule has 2 aromatic carbocycles. The molecule has 0 saturated carbocycles. The first-order valence-electron chi connectivity index (χ1n) is 7.10. The SMILES string of the molecule is O=C(Cc1ccc(O)cc1)C1CCc2ccccc2C1. The van der Waals surface area contributed by atoms with Crippen LogP contribution < -0.4 is 0 Å². The normalized spacial score (nSPS) is 17.5. The summed E-state index contributed by atoms with van der Waals surface area (Å²) in [7, 11) is 0. The Labute approximate surface area is 119 Å². The minimum absolute atomic E-state index is 0.138. The van der Waals surface area contributed by atoms with E-state index in [1.54, 1.807) is 12.1 Å². The van der Waals surface area contributed by atoms with Crippen molar-refractivity contribution in [3.63, 3.8) is 0 Å². The van der Waals surface area contributed by atoms with Crippen LogP contribution in [0.5, 0.6) is 5.75 Å². The topological polar surface area (TPSA) is 37.3 Å². The van der Waals surface area contributed by atoms with E-state index in [1.165, 1.54) is 11.1 Å². The van der Waals surface area contributed by atoms with E-state index >= 15 is 0 Å².